The first-order valence-corrected chi connectivity index (χ1v) is 11.9. The van der Waals surface area contributed by atoms with E-state index < -0.39 is 0 Å². The molecule has 1 saturated carbocycles. The highest BCUT2D eigenvalue weighted by atomic mass is 35.5. The Morgan fingerprint density at radius 1 is 1.12 bits per heavy atom. The SMILES string of the molecule is Cc1cc(Cl)ccc1OCCCC(=O)N(Cc1ccc(C(=O)NC2CC2)cc1)Cc1ccco1. The summed E-state index contributed by atoms with van der Waals surface area (Å²) in [7, 11) is 0. The van der Waals surface area contributed by atoms with Gasteiger partial charge >= 0.3 is 0 Å². The van der Waals surface area contributed by atoms with Crippen molar-refractivity contribution in [2.45, 2.75) is 51.7 Å². The number of amides is 2. The molecule has 0 radical (unpaired) electrons. The summed E-state index contributed by atoms with van der Waals surface area (Å²) in [5.74, 6) is 1.47. The lowest BCUT2D eigenvalue weighted by molar-refractivity contribution is -0.133. The Kier molecular flexibility index (Phi) is 7.91. The molecular formula is C27H29ClN2O4. The Labute approximate surface area is 204 Å². The summed E-state index contributed by atoms with van der Waals surface area (Å²) in [6.07, 6.45) is 4.66. The van der Waals surface area contributed by atoms with E-state index in [0.29, 0.717) is 49.2 Å². The van der Waals surface area contributed by atoms with E-state index >= 15 is 0 Å². The van der Waals surface area contributed by atoms with Gasteiger partial charge in [0, 0.05) is 29.6 Å². The van der Waals surface area contributed by atoms with E-state index in [-0.39, 0.29) is 11.8 Å². The molecule has 1 aromatic heterocycles. The Hall–Kier alpha value is -3.25. The number of hydrogen-bond donors (Lipinski definition) is 1. The number of hydrogen-bond acceptors (Lipinski definition) is 4. The van der Waals surface area contributed by atoms with Crippen LogP contribution in [0.25, 0.3) is 0 Å². The number of ether oxygens (including phenoxy) is 1. The van der Waals surface area contributed by atoms with Gasteiger partial charge in [-0.05, 0) is 79.8 Å². The maximum atomic E-state index is 13.0. The van der Waals surface area contributed by atoms with Crippen molar-refractivity contribution < 1.29 is 18.7 Å². The molecule has 1 heterocycles. The molecule has 0 bridgehead atoms. The molecule has 0 unspecified atom stereocenters. The minimum Gasteiger partial charge on any atom is -0.493 e. The minimum absolute atomic E-state index is 0.0170. The van der Waals surface area contributed by atoms with Crippen LogP contribution in [0.2, 0.25) is 5.02 Å². The van der Waals surface area contributed by atoms with Gasteiger partial charge in [0.2, 0.25) is 5.91 Å². The summed E-state index contributed by atoms with van der Waals surface area (Å²) >= 11 is 5.99. The third-order valence-electron chi connectivity index (χ3n) is 5.71. The number of rotatable bonds is 11. The molecule has 1 aliphatic rings. The van der Waals surface area contributed by atoms with E-state index in [0.717, 1.165) is 35.5 Å². The van der Waals surface area contributed by atoms with Gasteiger partial charge in [0.15, 0.2) is 0 Å². The standard InChI is InChI=1S/C27H29ClN2O4/c1-19-16-22(28)10-13-25(19)34-15-3-5-26(31)30(18-24-4-2-14-33-24)17-20-6-8-21(9-7-20)27(32)29-23-11-12-23/h2,4,6-10,13-14,16,23H,3,5,11-12,15,17-18H2,1H3,(H,29,32). The van der Waals surface area contributed by atoms with Crippen LogP contribution in [0.4, 0.5) is 0 Å². The number of nitrogens with one attached hydrogen (secondary N) is 1. The summed E-state index contributed by atoms with van der Waals surface area (Å²) in [6, 6.07) is 16.9. The zero-order valence-electron chi connectivity index (χ0n) is 19.3. The van der Waals surface area contributed by atoms with Gasteiger partial charge in [-0.2, -0.15) is 0 Å². The van der Waals surface area contributed by atoms with Crippen molar-refractivity contribution in [2.24, 2.45) is 0 Å². The normalized spacial score (nSPS) is 12.9. The molecule has 4 rings (SSSR count). The Balaban J connectivity index is 1.33. The summed E-state index contributed by atoms with van der Waals surface area (Å²) in [4.78, 5) is 27.0. The van der Waals surface area contributed by atoms with Gasteiger partial charge in [0.05, 0.1) is 19.4 Å². The monoisotopic (exact) mass is 480 g/mol. The van der Waals surface area contributed by atoms with Gasteiger partial charge in [-0.25, -0.2) is 0 Å². The smallest absolute Gasteiger partial charge is 0.251 e. The molecule has 178 valence electrons. The number of benzene rings is 2. The van der Waals surface area contributed by atoms with Crippen LogP contribution in [-0.4, -0.2) is 29.4 Å². The van der Waals surface area contributed by atoms with Crippen LogP contribution < -0.4 is 10.1 Å². The zero-order valence-corrected chi connectivity index (χ0v) is 20.0. The molecule has 1 aliphatic carbocycles. The fraction of sp³-hybridized carbons (Fsp3) is 0.333. The van der Waals surface area contributed by atoms with Crippen molar-refractivity contribution in [2.75, 3.05) is 6.61 Å². The van der Waals surface area contributed by atoms with Crippen molar-refractivity contribution in [3.05, 3.63) is 88.3 Å². The Morgan fingerprint density at radius 2 is 1.91 bits per heavy atom. The molecule has 2 amide bonds. The van der Waals surface area contributed by atoms with Gasteiger partial charge in [0.1, 0.15) is 11.5 Å². The summed E-state index contributed by atoms with van der Waals surface area (Å²) in [5.41, 5.74) is 2.55. The van der Waals surface area contributed by atoms with Crippen molar-refractivity contribution in [3.63, 3.8) is 0 Å². The number of nitrogens with zero attached hydrogens (tertiary/aromatic N) is 1. The van der Waals surface area contributed by atoms with Crippen molar-refractivity contribution in [3.8, 4) is 5.75 Å². The summed E-state index contributed by atoms with van der Waals surface area (Å²) in [5, 5.41) is 3.66. The van der Waals surface area contributed by atoms with Gasteiger partial charge in [-0.3, -0.25) is 9.59 Å². The van der Waals surface area contributed by atoms with Crippen LogP contribution in [0.15, 0.2) is 65.3 Å². The first kappa shape index (κ1) is 23.9. The molecule has 0 saturated heterocycles. The highest BCUT2D eigenvalue weighted by Crippen LogP contribution is 2.22. The minimum atomic E-state index is -0.0477. The molecule has 2 aromatic carbocycles. The molecule has 0 atom stereocenters. The van der Waals surface area contributed by atoms with E-state index in [1.807, 2.05) is 55.5 Å². The quantitative estimate of drug-likeness (QED) is 0.367. The third kappa shape index (κ3) is 6.87. The zero-order chi connectivity index (χ0) is 23.9. The molecule has 34 heavy (non-hydrogen) atoms. The molecule has 3 aromatic rings. The van der Waals surface area contributed by atoms with Gasteiger partial charge in [-0.1, -0.05) is 23.7 Å². The van der Waals surface area contributed by atoms with Crippen LogP contribution in [-0.2, 0) is 17.9 Å². The van der Waals surface area contributed by atoms with Crippen LogP contribution >= 0.6 is 11.6 Å². The summed E-state index contributed by atoms with van der Waals surface area (Å²) < 4.78 is 11.3. The molecule has 6 nitrogen and oxygen atoms in total. The predicted octanol–water partition coefficient (Wildman–Crippen LogP) is 5.52. The van der Waals surface area contributed by atoms with E-state index in [2.05, 4.69) is 5.32 Å². The molecule has 0 spiro atoms. The lowest BCUT2D eigenvalue weighted by atomic mass is 10.1. The second kappa shape index (κ2) is 11.3. The van der Waals surface area contributed by atoms with Crippen molar-refractivity contribution >= 4 is 23.4 Å². The average molecular weight is 481 g/mol. The van der Waals surface area contributed by atoms with E-state index in [4.69, 9.17) is 20.8 Å². The van der Waals surface area contributed by atoms with Crippen LogP contribution in [0.1, 0.15) is 52.9 Å². The molecule has 0 aliphatic heterocycles. The van der Waals surface area contributed by atoms with E-state index in [1.54, 1.807) is 17.2 Å². The van der Waals surface area contributed by atoms with E-state index in [9.17, 15) is 9.59 Å². The third-order valence-corrected chi connectivity index (χ3v) is 5.95. The Morgan fingerprint density at radius 3 is 2.59 bits per heavy atom. The molecule has 1 fully saturated rings. The second-order valence-electron chi connectivity index (χ2n) is 8.64. The van der Waals surface area contributed by atoms with Gasteiger partial charge in [0.25, 0.3) is 5.91 Å². The number of carbonyl (C=O) groups excluding carboxylic acids is 2. The summed E-state index contributed by atoms with van der Waals surface area (Å²) in [6.45, 7) is 3.19. The van der Waals surface area contributed by atoms with Gasteiger partial charge in [-0.15, -0.1) is 0 Å². The number of carbonyl (C=O) groups is 2. The lowest BCUT2D eigenvalue weighted by Gasteiger charge is -2.22. The fourth-order valence-corrected chi connectivity index (χ4v) is 3.87. The van der Waals surface area contributed by atoms with Crippen molar-refractivity contribution in [1.82, 2.24) is 10.2 Å². The van der Waals surface area contributed by atoms with Crippen LogP contribution in [0.5, 0.6) is 5.75 Å². The van der Waals surface area contributed by atoms with Crippen molar-refractivity contribution in [1.29, 1.82) is 0 Å². The first-order chi connectivity index (χ1) is 16.5. The largest absolute Gasteiger partial charge is 0.493 e. The van der Waals surface area contributed by atoms with E-state index in [1.165, 1.54) is 0 Å². The average Bonchev–Trinajstić information content (AvgIpc) is 3.49. The Bertz CT molecular complexity index is 1110. The molecule has 7 heteroatoms. The predicted molar refractivity (Wildman–Crippen MR) is 131 cm³/mol. The number of furan rings is 1. The highest BCUT2D eigenvalue weighted by Gasteiger charge is 2.23. The molecule has 1 N–H and O–H groups in total. The molecular weight excluding hydrogens is 452 g/mol. The first-order valence-electron chi connectivity index (χ1n) is 11.6. The highest BCUT2D eigenvalue weighted by molar-refractivity contribution is 6.30. The van der Waals surface area contributed by atoms with Gasteiger partial charge < -0.3 is 19.4 Å². The van der Waals surface area contributed by atoms with Crippen LogP contribution in [0, 0.1) is 6.92 Å². The fourth-order valence-electron chi connectivity index (χ4n) is 3.64. The maximum absolute atomic E-state index is 13.0. The van der Waals surface area contributed by atoms with Crippen LogP contribution in [0.3, 0.4) is 0 Å². The number of halogens is 1. The maximum Gasteiger partial charge on any atom is 0.251 e. The topological polar surface area (TPSA) is 71.8 Å². The number of aryl methyl sites for hydroxylation is 1. The second-order valence-corrected chi connectivity index (χ2v) is 9.07. The lowest BCUT2D eigenvalue weighted by Crippen LogP contribution is -2.30.